The van der Waals surface area contributed by atoms with Gasteiger partial charge in [0.05, 0.1) is 21.5 Å². The number of hydrogen-bond donors (Lipinski definition) is 5. The van der Waals surface area contributed by atoms with Crippen LogP contribution in [0, 0.1) is 0 Å². The lowest BCUT2D eigenvalue weighted by Gasteiger charge is -2.11. The molecule has 0 bridgehead atoms. The molecule has 0 heterocycles. The molecule has 0 radical (unpaired) electrons. The van der Waals surface area contributed by atoms with Crippen molar-refractivity contribution in [3.05, 3.63) is 48.0 Å². The molecule has 31 heavy (non-hydrogen) atoms. The maximum Gasteiger partial charge on any atom is 0.335 e. The molecule has 0 aromatic heterocycles. The van der Waals surface area contributed by atoms with Crippen molar-refractivity contribution in [3.63, 3.8) is 0 Å². The molecule has 12 nitrogen and oxygen atoms in total. The van der Waals surface area contributed by atoms with Crippen LogP contribution < -0.4 is 0 Å². The van der Waals surface area contributed by atoms with Crippen LogP contribution in [0.1, 0.15) is 10.4 Å². The summed E-state index contributed by atoms with van der Waals surface area (Å²) in [5.74, 6) is -3.07. The predicted molar refractivity (Wildman–Crippen MR) is 104 cm³/mol. The zero-order chi connectivity index (χ0) is 23.1. The predicted octanol–water partition coefficient (Wildman–Crippen LogP) is 2.86. The Morgan fingerprint density at radius 2 is 1.55 bits per heavy atom. The van der Waals surface area contributed by atoms with Gasteiger partial charge < -0.3 is 15.3 Å². The Hall–Kier alpha value is -3.59. The van der Waals surface area contributed by atoms with E-state index in [2.05, 4.69) is 10.2 Å². The van der Waals surface area contributed by atoms with Crippen LogP contribution in [-0.2, 0) is 20.2 Å². The highest BCUT2D eigenvalue weighted by Gasteiger charge is 2.25. The van der Waals surface area contributed by atoms with Gasteiger partial charge in [-0.2, -0.15) is 21.9 Å². The second kappa shape index (κ2) is 7.59. The molecule has 0 saturated carbocycles. The second-order valence-corrected chi connectivity index (χ2v) is 8.93. The zero-order valence-electron chi connectivity index (χ0n) is 15.0. The normalized spacial score (nSPS) is 12.5. The minimum atomic E-state index is -5.04. The van der Waals surface area contributed by atoms with Crippen LogP contribution in [-0.4, -0.2) is 47.2 Å². The van der Waals surface area contributed by atoms with Crippen LogP contribution in [0.5, 0.6) is 11.5 Å². The average molecular weight is 468 g/mol. The SMILES string of the molecule is O=C(O)c1cccc(N=Nc2c(S(=O)(=O)O)cc3cc(S(=O)(=O)O)cc(O)c3c2O)c1. The highest BCUT2D eigenvalue weighted by molar-refractivity contribution is 7.86. The van der Waals surface area contributed by atoms with Crippen molar-refractivity contribution in [1.82, 2.24) is 0 Å². The number of aromatic hydroxyl groups is 2. The quantitative estimate of drug-likeness (QED) is 0.273. The van der Waals surface area contributed by atoms with E-state index in [0.29, 0.717) is 12.1 Å². The molecule has 0 aliphatic carbocycles. The number of carboxylic acid groups (broad SMARTS) is 1. The van der Waals surface area contributed by atoms with Crippen LogP contribution in [0.25, 0.3) is 10.8 Å². The van der Waals surface area contributed by atoms with Gasteiger partial charge >= 0.3 is 5.97 Å². The van der Waals surface area contributed by atoms with E-state index < -0.39 is 58.6 Å². The lowest BCUT2D eigenvalue weighted by atomic mass is 10.1. The van der Waals surface area contributed by atoms with Crippen molar-refractivity contribution >= 4 is 48.4 Å². The first-order chi connectivity index (χ1) is 14.3. The summed E-state index contributed by atoms with van der Waals surface area (Å²) in [4.78, 5) is 9.26. The van der Waals surface area contributed by atoms with Gasteiger partial charge in [-0.25, -0.2) is 4.79 Å². The first kappa shape index (κ1) is 22.1. The van der Waals surface area contributed by atoms with E-state index >= 15 is 0 Å². The molecule has 0 saturated heterocycles. The highest BCUT2D eigenvalue weighted by atomic mass is 32.2. The molecule has 3 aromatic carbocycles. The summed E-state index contributed by atoms with van der Waals surface area (Å²) in [6.45, 7) is 0. The number of benzene rings is 3. The van der Waals surface area contributed by atoms with E-state index in [1.807, 2.05) is 0 Å². The van der Waals surface area contributed by atoms with E-state index in [9.17, 15) is 36.4 Å². The summed E-state index contributed by atoms with van der Waals surface area (Å²) < 4.78 is 65.0. The molecular formula is C17H12N2O10S2. The zero-order valence-corrected chi connectivity index (χ0v) is 16.7. The van der Waals surface area contributed by atoms with E-state index in [-0.39, 0.29) is 16.6 Å². The fourth-order valence-corrected chi connectivity index (χ4v) is 3.88. The summed E-state index contributed by atoms with van der Waals surface area (Å²) in [7, 11) is -9.83. The third-order valence-corrected chi connectivity index (χ3v) is 5.74. The number of nitrogens with zero attached hydrogens (tertiary/aromatic N) is 2. The minimum Gasteiger partial charge on any atom is -0.507 e. The van der Waals surface area contributed by atoms with Crippen molar-refractivity contribution < 1.29 is 46.1 Å². The van der Waals surface area contributed by atoms with Crippen molar-refractivity contribution in [2.45, 2.75) is 9.79 Å². The summed E-state index contributed by atoms with van der Waals surface area (Å²) in [5.41, 5.74) is -0.984. The largest absolute Gasteiger partial charge is 0.507 e. The second-order valence-electron chi connectivity index (χ2n) is 6.12. The Labute approximate surface area is 174 Å². The Morgan fingerprint density at radius 3 is 2.13 bits per heavy atom. The number of azo groups is 1. The van der Waals surface area contributed by atoms with Gasteiger partial charge in [-0.3, -0.25) is 9.11 Å². The van der Waals surface area contributed by atoms with Crippen molar-refractivity contribution in [2.75, 3.05) is 0 Å². The summed E-state index contributed by atoms with van der Waals surface area (Å²) in [6.07, 6.45) is 0. The first-order valence-electron chi connectivity index (χ1n) is 8.02. The minimum absolute atomic E-state index is 0.0355. The van der Waals surface area contributed by atoms with Gasteiger partial charge in [0.1, 0.15) is 16.3 Å². The topological polar surface area (TPSA) is 211 Å². The van der Waals surface area contributed by atoms with Crippen LogP contribution >= 0.6 is 0 Å². The number of rotatable bonds is 5. The Morgan fingerprint density at radius 1 is 0.871 bits per heavy atom. The van der Waals surface area contributed by atoms with Gasteiger partial charge in [0.2, 0.25) is 0 Å². The van der Waals surface area contributed by atoms with Crippen LogP contribution in [0.4, 0.5) is 11.4 Å². The molecule has 162 valence electrons. The lowest BCUT2D eigenvalue weighted by molar-refractivity contribution is 0.0697. The Bertz CT molecular complexity index is 1480. The van der Waals surface area contributed by atoms with Crippen LogP contribution in [0.3, 0.4) is 0 Å². The fourth-order valence-electron chi connectivity index (χ4n) is 2.69. The third-order valence-electron chi connectivity index (χ3n) is 4.04. The van der Waals surface area contributed by atoms with Crippen molar-refractivity contribution in [3.8, 4) is 11.5 Å². The molecule has 3 aromatic rings. The Balaban J connectivity index is 2.30. The van der Waals surface area contributed by atoms with E-state index in [1.54, 1.807) is 0 Å². The van der Waals surface area contributed by atoms with Gasteiger partial charge in [0.25, 0.3) is 20.2 Å². The van der Waals surface area contributed by atoms with Gasteiger partial charge in [-0.05, 0) is 35.7 Å². The lowest BCUT2D eigenvalue weighted by Crippen LogP contribution is -2.01. The maximum absolute atomic E-state index is 11.8. The molecule has 5 N–H and O–H groups in total. The number of phenolic OH excluding ortho intramolecular Hbond substituents is 2. The van der Waals surface area contributed by atoms with Crippen molar-refractivity contribution in [2.24, 2.45) is 10.2 Å². The molecular weight excluding hydrogens is 456 g/mol. The molecule has 3 rings (SSSR count). The summed E-state index contributed by atoms with van der Waals surface area (Å²) >= 11 is 0. The van der Waals surface area contributed by atoms with Crippen LogP contribution in [0.15, 0.2) is 62.5 Å². The average Bonchev–Trinajstić information content (AvgIpc) is 2.65. The van der Waals surface area contributed by atoms with E-state index in [1.165, 1.54) is 18.2 Å². The number of phenols is 2. The maximum atomic E-state index is 11.8. The number of hydrogen-bond acceptors (Lipinski definition) is 9. The molecule has 0 unspecified atom stereocenters. The molecule has 0 fully saturated rings. The molecule has 0 aliphatic rings. The monoisotopic (exact) mass is 468 g/mol. The van der Waals surface area contributed by atoms with Gasteiger partial charge in [-0.15, -0.1) is 5.11 Å². The smallest absolute Gasteiger partial charge is 0.335 e. The number of fused-ring (bicyclic) bond motifs is 1. The molecule has 0 atom stereocenters. The molecule has 14 heteroatoms. The summed E-state index contributed by atoms with van der Waals surface area (Å²) in [6, 6.07) is 7.12. The fraction of sp³-hybridized carbons (Fsp3) is 0. The van der Waals surface area contributed by atoms with E-state index in [0.717, 1.165) is 12.1 Å². The number of aromatic carboxylic acids is 1. The number of carbonyl (C=O) groups is 1. The Kier molecular flexibility index (Phi) is 5.41. The van der Waals surface area contributed by atoms with Gasteiger partial charge in [0, 0.05) is 6.07 Å². The molecule has 0 amide bonds. The molecule has 0 spiro atoms. The van der Waals surface area contributed by atoms with Crippen LogP contribution in [0.2, 0.25) is 0 Å². The number of carboxylic acids is 1. The van der Waals surface area contributed by atoms with Gasteiger partial charge in [0.15, 0.2) is 5.75 Å². The standard InChI is InChI=1S/C17H12N2O10S2/c20-12-7-11(30(24,25)26)5-9-6-13(31(27,28)29)15(16(21)14(9)12)19-18-10-3-1-2-8(4-10)17(22)23/h1-7,20-21H,(H,22,23)(H,24,25,26)(H,27,28,29). The summed E-state index contributed by atoms with van der Waals surface area (Å²) in [5, 5.41) is 36.0. The first-order valence-corrected chi connectivity index (χ1v) is 10.9. The van der Waals surface area contributed by atoms with Gasteiger partial charge in [-0.1, -0.05) is 6.07 Å². The van der Waals surface area contributed by atoms with E-state index in [4.69, 9.17) is 9.66 Å². The highest BCUT2D eigenvalue weighted by Crippen LogP contribution is 2.45. The third kappa shape index (κ3) is 4.46. The van der Waals surface area contributed by atoms with Crippen molar-refractivity contribution in [1.29, 1.82) is 0 Å². The molecule has 0 aliphatic heterocycles.